The van der Waals surface area contributed by atoms with Crippen molar-refractivity contribution in [3.05, 3.63) is 29.6 Å². The molecule has 1 aromatic heterocycles. The van der Waals surface area contributed by atoms with Gasteiger partial charge in [0, 0.05) is 18.4 Å². The highest BCUT2D eigenvalue weighted by molar-refractivity contribution is 5.19. The summed E-state index contributed by atoms with van der Waals surface area (Å²) in [6, 6.07) is 2.34. The van der Waals surface area contributed by atoms with Gasteiger partial charge in [-0.1, -0.05) is 38.2 Å². The predicted octanol–water partition coefficient (Wildman–Crippen LogP) is 3.36. The average Bonchev–Trinajstić information content (AvgIpc) is 2.30. The van der Waals surface area contributed by atoms with E-state index in [1.54, 1.807) is 0 Å². The van der Waals surface area contributed by atoms with Crippen molar-refractivity contribution >= 4 is 0 Å². The number of hydrogen-bond acceptors (Lipinski definition) is 2. The standard InChI is InChI=1S/C14H22N2/c1-11-7-13(10-16-9-11)14(15)8-12-5-3-2-4-6-12/h7,9-10,12,14H,2-6,8,15H2,1H3. The highest BCUT2D eigenvalue weighted by Gasteiger charge is 2.17. The van der Waals surface area contributed by atoms with E-state index in [2.05, 4.69) is 18.0 Å². The van der Waals surface area contributed by atoms with Crippen LogP contribution in [-0.4, -0.2) is 4.98 Å². The van der Waals surface area contributed by atoms with Gasteiger partial charge in [0.25, 0.3) is 0 Å². The molecule has 2 N–H and O–H groups in total. The van der Waals surface area contributed by atoms with Gasteiger partial charge in [-0.25, -0.2) is 0 Å². The minimum absolute atomic E-state index is 0.176. The molecule has 0 aromatic carbocycles. The first-order valence-electron chi connectivity index (χ1n) is 6.43. The first-order valence-corrected chi connectivity index (χ1v) is 6.43. The van der Waals surface area contributed by atoms with Crippen LogP contribution < -0.4 is 5.73 Å². The second-order valence-electron chi connectivity index (χ2n) is 5.14. The zero-order valence-electron chi connectivity index (χ0n) is 10.2. The molecule has 2 heteroatoms. The van der Waals surface area contributed by atoms with Gasteiger partial charge in [-0.2, -0.15) is 0 Å². The van der Waals surface area contributed by atoms with Crippen LogP contribution in [0, 0.1) is 12.8 Å². The Morgan fingerprint density at radius 1 is 1.31 bits per heavy atom. The van der Waals surface area contributed by atoms with E-state index in [9.17, 15) is 0 Å². The van der Waals surface area contributed by atoms with E-state index in [1.165, 1.54) is 43.2 Å². The zero-order chi connectivity index (χ0) is 11.4. The molecule has 2 nitrogen and oxygen atoms in total. The molecule has 1 saturated carbocycles. The summed E-state index contributed by atoms with van der Waals surface area (Å²) in [6.45, 7) is 2.07. The Balaban J connectivity index is 1.94. The number of aryl methyl sites for hydroxylation is 1. The molecule has 2 rings (SSSR count). The Morgan fingerprint density at radius 3 is 2.75 bits per heavy atom. The van der Waals surface area contributed by atoms with E-state index < -0.39 is 0 Å². The summed E-state index contributed by atoms with van der Waals surface area (Å²) in [6.07, 6.45) is 11.9. The molecule has 1 atom stereocenters. The van der Waals surface area contributed by atoms with Gasteiger partial charge in [0.05, 0.1) is 0 Å². The Hall–Kier alpha value is -0.890. The third kappa shape index (κ3) is 3.05. The maximum Gasteiger partial charge on any atom is 0.0315 e. The fourth-order valence-corrected chi connectivity index (χ4v) is 2.70. The zero-order valence-corrected chi connectivity index (χ0v) is 10.2. The van der Waals surface area contributed by atoms with Crippen LogP contribution in [0.15, 0.2) is 18.5 Å². The Labute approximate surface area is 98.3 Å². The predicted molar refractivity (Wildman–Crippen MR) is 67.1 cm³/mol. The highest BCUT2D eigenvalue weighted by atomic mass is 14.7. The Kier molecular flexibility index (Phi) is 3.94. The number of hydrogen-bond donors (Lipinski definition) is 1. The third-order valence-corrected chi connectivity index (χ3v) is 3.64. The SMILES string of the molecule is Cc1cncc(C(N)CC2CCCCC2)c1. The molecule has 1 aromatic rings. The molecule has 1 fully saturated rings. The largest absolute Gasteiger partial charge is 0.324 e. The summed E-state index contributed by atoms with van der Waals surface area (Å²) in [5, 5.41) is 0. The van der Waals surface area contributed by atoms with E-state index in [4.69, 9.17) is 5.73 Å². The summed E-state index contributed by atoms with van der Waals surface area (Å²) < 4.78 is 0. The van der Waals surface area contributed by atoms with Crippen LogP contribution in [0.5, 0.6) is 0 Å². The molecule has 1 aliphatic carbocycles. The normalized spacial score (nSPS) is 19.6. The van der Waals surface area contributed by atoms with Crippen LogP contribution in [0.4, 0.5) is 0 Å². The second kappa shape index (κ2) is 5.44. The van der Waals surface area contributed by atoms with Gasteiger partial charge in [-0.3, -0.25) is 4.98 Å². The first kappa shape index (κ1) is 11.6. The fraction of sp³-hybridized carbons (Fsp3) is 0.643. The lowest BCUT2D eigenvalue weighted by Gasteiger charge is -2.24. The monoisotopic (exact) mass is 218 g/mol. The van der Waals surface area contributed by atoms with Crippen LogP contribution in [0.2, 0.25) is 0 Å². The first-order chi connectivity index (χ1) is 7.75. The van der Waals surface area contributed by atoms with Gasteiger partial charge < -0.3 is 5.73 Å². The van der Waals surface area contributed by atoms with Gasteiger partial charge in [0.1, 0.15) is 0 Å². The molecule has 0 aliphatic heterocycles. The maximum atomic E-state index is 6.25. The van der Waals surface area contributed by atoms with Gasteiger partial charge in [-0.15, -0.1) is 0 Å². The topological polar surface area (TPSA) is 38.9 Å². The number of nitrogens with zero attached hydrogens (tertiary/aromatic N) is 1. The molecule has 0 radical (unpaired) electrons. The molecule has 1 unspecified atom stereocenters. The molecule has 0 amide bonds. The Bertz CT molecular complexity index is 329. The van der Waals surface area contributed by atoms with Gasteiger partial charge in [0.15, 0.2) is 0 Å². The summed E-state index contributed by atoms with van der Waals surface area (Å²) in [5.41, 5.74) is 8.66. The molecule has 88 valence electrons. The van der Waals surface area contributed by atoms with Crippen molar-refractivity contribution in [2.45, 2.75) is 51.5 Å². The molecule has 0 spiro atoms. The number of aromatic nitrogens is 1. The van der Waals surface area contributed by atoms with E-state index in [1.807, 2.05) is 12.4 Å². The summed E-state index contributed by atoms with van der Waals surface area (Å²) in [5.74, 6) is 0.837. The summed E-state index contributed by atoms with van der Waals surface area (Å²) in [7, 11) is 0. The molecular formula is C14H22N2. The molecule has 0 bridgehead atoms. The van der Waals surface area contributed by atoms with Gasteiger partial charge >= 0.3 is 0 Å². The van der Waals surface area contributed by atoms with Crippen molar-refractivity contribution in [1.29, 1.82) is 0 Å². The van der Waals surface area contributed by atoms with Crippen LogP contribution in [0.1, 0.15) is 55.7 Å². The van der Waals surface area contributed by atoms with Crippen molar-refractivity contribution in [2.75, 3.05) is 0 Å². The average molecular weight is 218 g/mol. The molecular weight excluding hydrogens is 196 g/mol. The molecule has 1 heterocycles. The van der Waals surface area contributed by atoms with Crippen molar-refractivity contribution in [1.82, 2.24) is 4.98 Å². The van der Waals surface area contributed by atoms with E-state index in [-0.39, 0.29) is 6.04 Å². The van der Waals surface area contributed by atoms with Crippen LogP contribution in [0.25, 0.3) is 0 Å². The third-order valence-electron chi connectivity index (χ3n) is 3.64. The van der Waals surface area contributed by atoms with E-state index >= 15 is 0 Å². The van der Waals surface area contributed by atoms with Crippen molar-refractivity contribution in [3.8, 4) is 0 Å². The van der Waals surface area contributed by atoms with Crippen LogP contribution in [-0.2, 0) is 0 Å². The molecule has 16 heavy (non-hydrogen) atoms. The van der Waals surface area contributed by atoms with Crippen molar-refractivity contribution in [3.63, 3.8) is 0 Å². The van der Waals surface area contributed by atoms with Crippen molar-refractivity contribution in [2.24, 2.45) is 11.7 Å². The van der Waals surface area contributed by atoms with Crippen LogP contribution in [0.3, 0.4) is 0 Å². The number of pyridine rings is 1. The van der Waals surface area contributed by atoms with Gasteiger partial charge in [-0.05, 0) is 30.4 Å². The summed E-state index contributed by atoms with van der Waals surface area (Å²) in [4.78, 5) is 4.22. The lowest BCUT2D eigenvalue weighted by Crippen LogP contribution is -2.17. The lowest BCUT2D eigenvalue weighted by molar-refractivity contribution is 0.319. The second-order valence-corrected chi connectivity index (χ2v) is 5.14. The quantitative estimate of drug-likeness (QED) is 0.845. The minimum atomic E-state index is 0.176. The van der Waals surface area contributed by atoms with Crippen LogP contribution >= 0.6 is 0 Å². The smallest absolute Gasteiger partial charge is 0.0315 e. The van der Waals surface area contributed by atoms with Gasteiger partial charge in [0.2, 0.25) is 0 Å². The Morgan fingerprint density at radius 2 is 2.06 bits per heavy atom. The highest BCUT2D eigenvalue weighted by Crippen LogP contribution is 2.30. The van der Waals surface area contributed by atoms with E-state index in [0.29, 0.717) is 0 Å². The fourth-order valence-electron chi connectivity index (χ4n) is 2.70. The number of nitrogens with two attached hydrogens (primary N) is 1. The van der Waals surface area contributed by atoms with Crippen molar-refractivity contribution < 1.29 is 0 Å². The number of rotatable bonds is 3. The van der Waals surface area contributed by atoms with E-state index in [0.717, 1.165) is 12.3 Å². The minimum Gasteiger partial charge on any atom is -0.324 e. The molecule has 0 saturated heterocycles. The summed E-state index contributed by atoms with van der Waals surface area (Å²) >= 11 is 0. The lowest BCUT2D eigenvalue weighted by atomic mass is 9.84. The maximum absolute atomic E-state index is 6.25. The molecule has 1 aliphatic rings.